The van der Waals surface area contributed by atoms with Crippen molar-refractivity contribution in [3.8, 4) is 0 Å². The maximum absolute atomic E-state index is 8.09. The van der Waals surface area contributed by atoms with E-state index >= 15 is 0 Å². The molecule has 7 heavy (non-hydrogen) atoms. The van der Waals surface area contributed by atoms with Gasteiger partial charge in [-0.15, -0.1) is 0 Å². The topological polar surface area (TPSA) is 58.3 Å². The van der Waals surface area contributed by atoms with E-state index in [2.05, 4.69) is 0 Å². The molecule has 0 amide bonds. The molecule has 3 heteroatoms. The molecule has 0 rings (SSSR count). The summed E-state index contributed by atoms with van der Waals surface area (Å²) in [5.41, 5.74) is 7.17. The molecule has 1 unspecified atom stereocenters. The van der Waals surface area contributed by atoms with E-state index in [4.69, 9.17) is 10.9 Å². The summed E-state index contributed by atoms with van der Waals surface area (Å²) in [7, 11) is 0. The van der Waals surface area contributed by atoms with Crippen LogP contribution in [0, 0.1) is 0 Å². The van der Waals surface area contributed by atoms with Crippen LogP contribution in [0.3, 0.4) is 0 Å². The van der Waals surface area contributed by atoms with Gasteiger partial charge in [-0.25, -0.2) is 0 Å². The number of nitrogens with one attached hydrogen (secondary N) is 1. The fourth-order valence-electron chi connectivity index (χ4n) is 0.376. The zero-order valence-electron chi connectivity index (χ0n) is 4.52. The lowest BCUT2D eigenvalue weighted by Crippen LogP contribution is -2.34. The molecule has 0 bridgehead atoms. The fraction of sp³-hybridized carbons (Fsp3) is 1.00. The SMILES string of the molecule is CCCC(N)NO. The standard InChI is InChI=1S/C4H12N2O/c1-2-3-4(5)6-7/h4,6-7H,2-3,5H2,1H3. The molecule has 1 atom stereocenters. The molecule has 0 fully saturated rings. The summed E-state index contributed by atoms with van der Waals surface area (Å²) in [6.07, 6.45) is 1.57. The summed E-state index contributed by atoms with van der Waals surface area (Å²) in [6.45, 7) is 2.01. The number of rotatable bonds is 3. The summed E-state index contributed by atoms with van der Waals surface area (Å²) in [6, 6.07) is 0. The summed E-state index contributed by atoms with van der Waals surface area (Å²) in [4.78, 5) is 0. The third kappa shape index (κ3) is 3.72. The number of nitrogens with two attached hydrogens (primary N) is 1. The Bertz CT molecular complexity index is 40.7. The minimum Gasteiger partial charge on any atom is -0.315 e. The first-order chi connectivity index (χ1) is 3.31. The van der Waals surface area contributed by atoms with Crippen LogP contribution in [0.2, 0.25) is 0 Å². The molecule has 0 saturated heterocycles. The van der Waals surface area contributed by atoms with E-state index in [1.54, 1.807) is 0 Å². The molecule has 0 aliphatic carbocycles. The van der Waals surface area contributed by atoms with E-state index in [1.165, 1.54) is 0 Å². The average molecular weight is 104 g/mol. The maximum atomic E-state index is 8.09. The van der Waals surface area contributed by atoms with Gasteiger partial charge in [0, 0.05) is 0 Å². The van der Waals surface area contributed by atoms with Crippen molar-refractivity contribution in [1.82, 2.24) is 5.48 Å². The highest BCUT2D eigenvalue weighted by Crippen LogP contribution is 1.85. The molecule has 0 aliphatic rings. The van der Waals surface area contributed by atoms with E-state index in [1.807, 2.05) is 12.4 Å². The van der Waals surface area contributed by atoms with Gasteiger partial charge < -0.3 is 10.9 Å². The largest absolute Gasteiger partial charge is 0.315 e. The normalized spacial score (nSPS) is 14.1. The molecular formula is C4H12N2O. The molecule has 0 spiro atoms. The van der Waals surface area contributed by atoms with Crippen molar-refractivity contribution in [3.63, 3.8) is 0 Å². The number of hydroxylamine groups is 1. The van der Waals surface area contributed by atoms with E-state index in [9.17, 15) is 0 Å². The zero-order valence-corrected chi connectivity index (χ0v) is 4.52. The van der Waals surface area contributed by atoms with Crippen molar-refractivity contribution in [2.45, 2.75) is 25.9 Å². The van der Waals surface area contributed by atoms with Gasteiger partial charge in [0.2, 0.25) is 0 Å². The van der Waals surface area contributed by atoms with Crippen molar-refractivity contribution in [2.24, 2.45) is 5.73 Å². The second-order valence-electron chi connectivity index (χ2n) is 1.52. The van der Waals surface area contributed by atoms with Gasteiger partial charge in [0.25, 0.3) is 0 Å². The van der Waals surface area contributed by atoms with Crippen molar-refractivity contribution in [2.75, 3.05) is 0 Å². The Morgan fingerprint density at radius 2 is 2.43 bits per heavy atom. The smallest absolute Gasteiger partial charge is 0.0784 e. The van der Waals surface area contributed by atoms with Crippen LogP contribution in [-0.4, -0.2) is 11.4 Å². The third-order valence-electron chi connectivity index (χ3n) is 0.766. The third-order valence-corrected chi connectivity index (χ3v) is 0.766. The van der Waals surface area contributed by atoms with Crippen LogP contribution in [-0.2, 0) is 0 Å². The first-order valence-electron chi connectivity index (χ1n) is 2.46. The van der Waals surface area contributed by atoms with Crippen LogP contribution in [0.5, 0.6) is 0 Å². The monoisotopic (exact) mass is 104 g/mol. The van der Waals surface area contributed by atoms with Crippen molar-refractivity contribution < 1.29 is 5.21 Å². The lowest BCUT2D eigenvalue weighted by atomic mass is 10.3. The molecule has 3 nitrogen and oxygen atoms in total. The Labute approximate surface area is 43.5 Å². The van der Waals surface area contributed by atoms with E-state index in [0.29, 0.717) is 0 Å². The highest BCUT2D eigenvalue weighted by Gasteiger charge is 1.92. The summed E-state index contributed by atoms with van der Waals surface area (Å²) >= 11 is 0. The van der Waals surface area contributed by atoms with Gasteiger partial charge >= 0.3 is 0 Å². The summed E-state index contributed by atoms with van der Waals surface area (Å²) < 4.78 is 0. The molecule has 4 N–H and O–H groups in total. The zero-order chi connectivity index (χ0) is 5.70. The van der Waals surface area contributed by atoms with Gasteiger partial charge in [-0.05, 0) is 6.42 Å². The van der Waals surface area contributed by atoms with Crippen molar-refractivity contribution in [1.29, 1.82) is 0 Å². The van der Waals surface area contributed by atoms with Gasteiger partial charge in [-0.2, -0.15) is 5.48 Å². The second kappa shape index (κ2) is 4.05. The van der Waals surface area contributed by atoms with Crippen LogP contribution in [0.1, 0.15) is 19.8 Å². The van der Waals surface area contributed by atoms with Crippen molar-refractivity contribution >= 4 is 0 Å². The number of hydrogen-bond acceptors (Lipinski definition) is 3. The van der Waals surface area contributed by atoms with Gasteiger partial charge in [0.1, 0.15) is 0 Å². The van der Waals surface area contributed by atoms with Crippen LogP contribution >= 0.6 is 0 Å². The summed E-state index contributed by atoms with van der Waals surface area (Å²) in [5, 5.41) is 8.09. The van der Waals surface area contributed by atoms with E-state index < -0.39 is 0 Å². The maximum Gasteiger partial charge on any atom is 0.0784 e. The lowest BCUT2D eigenvalue weighted by Gasteiger charge is -2.04. The van der Waals surface area contributed by atoms with Gasteiger partial charge in [0.15, 0.2) is 0 Å². The molecule has 0 aromatic heterocycles. The van der Waals surface area contributed by atoms with E-state index in [0.717, 1.165) is 12.8 Å². The van der Waals surface area contributed by atoms with Crippen molar-refractivity contribution in [3.05, 3.63) is 0 Å². The van der Waals surface area contributed by atoms with Crippen LogP contribution in [0.4, 0.5) is 0 Å². The van der Waals surface area contributed by atoms with E-state index in [-0.39, 0.29) is 6.17 Å². The first-order valence-corrected chi connectivity index (χ1v) is 2.46. The molecular weight excluding hydrogens is 92.1 g/mol. The Balaban J connectivity index is 2.83. The Morgan fingerprint density at radius 3 is 2.57 bits per heavy atom. The molecule has 0 radical (unpaired) electrons. The van der Waals surface area contributed by atoms with Gasteiger partial charge in [0.05, 0.1) is 6.17 Å². The molecule has 0 aromatic carbocycles. The predicted octanol–water partition coefficient (Wildman–Crippen LogP) is 0.0501. The fourth-order valence-corrected chi connectivity index (χ4v) is 0.376. The average Bonchev–Trinajstić information content (AvgIpc) is 1.68. The highest BCUT2D eigenvalue weighted by atomic mass is 16.5. The van der Waals surface area contributed by atoms with Crippen LogP contribution in [0.25, 0.3) is 0 Å². The number of hydrogen-bond donors (Lipinski definition) is 3. The van der Waals surface area contributed by atoms with Gasteiger partial charge in [-0.1, -0.05) is 13.3 Å². The lowest BCUT2D eigenvalue weighted by molar-refractivity contribution is 0.124. The van der Waals surface area contributed by atoms with Gasteiger partial charge in [-0.3, -0.25) is 0 Å². The Hall–Kier alpha value is -0.120. The Kier molecular flexibility index (Phi) is 3.98. The minimum atomic E-state index is -0.245. The molecule has 0 aromatic rings. The molecule has 0 saturated carbocycles. The Morgan fingerprint density at radius 1 is 1.86 bits per heavy atom. The quantitative estimate of drug-likeness (QED) is 0.350. The minimum absolute atomic E-state index is 0.245. The summed E-state index contributed by atoms with van der Waals surface area (Å²) in [5.74, 6) is 0. The molecule has 44 valence electrons. The second-order valence-corrected chi connectivity index (χ2v) is 1.52. The molecule has 0 aliphatic heterocycles. The highest BCUT2D eigenvalue weighted by molar-refractivity contribution is 4.47. The first kappa shape index (κ1) is 6.88. The molecule has 0 heterocycles. The van der Waals surface area contributed by atoms with Crippen LogP contribution < -0.4 is 11.2 Å². The van der Waals surface area contributed by atoms with Crippen LogP contribution in [0.15, 0.2) is 0 Å². The predicted molar refractivity (Wildman–Crippen MR) is 27.8 cm³/mol.